The number of halogens is 5. The summed E-state index contributed by atoms with van der Waals surface area (Å²) in [5.74, 6) is -13.2. The van der Waals surface area contributed by atoms with Crippen molar-refractivity contribution in [3.63, 3.8) is 0 Å². The van der Waals surface area contributed by atoms with Crippen molar-refractivity contribution in [2.45, 2.75) is 11.5 Å². The van der Waals surface area contributed by atoms with E-state index in [2.05, 4.69) is 10.1 Å². The lowest BCUT2D eigenvalue weighted by atomic mass is 10.2. The average Bonchev–Trinajstić information content (AvgIpc) is 2.80. The van der Waals surface area contributed by atoms with E-state index in [-0.39, 0.29) is 21.4 Å². The van der Waals surface area contributed by atoms with Crippen molar-refractivity contribution >= 4 is 50.5 Å². The Morgan fingerprint density at radius 1 is 0.943 bits per heavy atom. The topological polar surface area (TPSA) is 122 Å². The minimum Gasteiger partial charge on any atom is -0.744 e. The van der Waals surface area contributed by atoms with E-state index < -0.39 is 56.1 Å². The Kier molecular flexibility index (Phi) is 7.97. The summed E-state index contributed by atoms with van der Waals surface area (Å²) in [5, 5.41) is 2.42. The van der Waals surface area contributed by atoms with Gasteiger partial charge in [0.2, 0.25) is 17.4 Å². The lowest BCUT2D eigenvalue weighted by Gasteiger charge is -2.14. The van der Waals surface area contributed by atoms with Crippen molar-refractivity contribution in [2.24, 2.45) is 0 Å². The van der Waals surface area contributed by atoms with Gasteiger partial charge >= 0.3 is 12.1 Å². The first-order valence-electron chi connectivity index (χ1n) is 9.21. The number of hydrogen-bond donors (Lipinski definition) is 1. The SMILES string of the molecule is O=C(Nc1ccc(C(=O)Oc2c(F)c(F)c(S(=O)(=O)[O-])c(F)c2F)cc1I)OCc1ccccc1. The first kappa shape index (κ1) is 26.4. The molecule has 0 aromatic heterocycles. The largest absolute Gasteiger partial charge is 0.744 e. The van der Waals surface area contributed by atoms with Gasteiger partial charge in [0, 0.05) is 3.57 Å². The number of amides is 1. The third-order valence-corrected chi connectivity index (χ3v) is 6.03. The summed E-state index contributed by atoms with van der Waals surface area (Å²) < 4.78 is 98.2. The van der Waals surface area contributed by atoms with Crippen LogP contribution in [0.1, 0.15) is 15.9 Å². The van der Waals surface area contributed by atoms with Gasteiger partial charge in [-0.05, 0) is 46.4 Å². The quantitative estimate of drug-likeness (QED) is 0.105. The monoisotopic (exact) mass is 624 g/mol. The van der Waals surface area contributed by atoms with E-state index in [1.165, 1.54) is 6.07 Å². The number of benzene rings is 3. The van der Waals surface area contributed by atoms with Gasteiger partial charge in [0.15, 0.2) is 11.6 Å². The predicted molar refractivity (Wildman–Crippen MR) is 119 cm³/mol. The number of rotatable bonds is 6. The summed E-state index contributed by atoms with van der Waals surface area (Å²) in [7, 11) is -5.91. The van der Waals surface area contributed by atoms with Gasteiger partial charge in [0.25, 0.3) is 0 Å². The maximum Gasteiger partial charge on any atom is 0.411 e. The van der Waals surface area contributed by atoms with E-state index in [0.717, 1.165) is 17.7 Å². The lowest BCUT2D eigenvalue weighted by Crippen LogP contribution is -2.17. The van der Waals surface area contributed by atoms with Crippen molar-refractivity contribution in [3.8, 4) is 5.75 Å². The van der Waals surface area contributed by atoms with Crippen LogP contribution in [0.2, 0.25) is 0 Å². The minimum absolute atomic E-state index is 0.00958. The minimum atomic E-state index is -5.91. The molecule has 184 valence electrons. The molecule has 8 nitrogen and oxygen atoms in total. The number of ether oxygens (including phenoxy) is 2. The van der Waals surface area contributed by atoms with Crippen LogP contribution < -0.4 is 10.1 Å². The lowest BCUT2D eigenvalue weighted by molar-refractivity contribution is 0.0716. The van der Waals surface area contributed by atoms with E-state index >= 15 is 0 Å². The molecule has 0 atom stereocenters. The van der Waals surface area contributed by atoms with Crippen LogP contribution in [-0.4, -0.2) is 25.0 Å². The highest BCUT2D eigenvalue weighted by molar-refractivity contribution is 14.1. The van der Waals surface area contributed by atoms with Gasteiger partial charge in [-0.25, -0.2) is 26.8 Å². The molecule has 14 heteroatoms. The molecule has 1 amide bonds. The predicted octanol–water partition coefficient (Wildman–Crippen LogP) is 4.72. The molecule has 0 saturated heterocycles. The summed E-state index contributed by atoms with van der Waals surface area (Å²) in [6.07, 6.45) is -0.814. The Hall–Kier alpha value is -3.24. The van der Waals surface area contributed by atoms with Gasteiger partial charge < -0.3 is 14.0 Å². The summed E-state index contributed by atoms with van der Waals surface area (Å²) in [4.78, 5) is 21.9. The van der Waals surface area contributed by atoms with Gasteiger partial charge in [-0.2, -0.15) is 8.78 Å². The van der Waals surface area contributed by atoms with Crippen LogP contribution in [0, 0.1) is 26.8 Å². The number of carbonyl (C=O) groups excluding carboxylic acids is 2. The molecule has 0 bridgehead atoms. The third-order valence-electron chi connectivity index (χ3n) is 4.28. The Labute approximate surface area is 208 Å². The summed E-state index contributed by atoms with van der Waals surface area (Å²) in [5.41, 5.74) is 0.584. The highest BCUT2D eigenvalue weighted by Crippen LogP contribution is 2.33. The number of carbonyl (C=O) groups is 2. The zero-order valence-electron chi connectivity index (χ0n) is 17.0. The highest BCUT2D eigenvalue weighted by Gasteiger charge is 2.31. The van der Waals surface area contributed by atoms with Crippen LogP contribution in [0.5, 0.6) is 5.75 Å². The van der Waals surface area contributed by atoms with Crippen LogP contribution >= 0.6 is 22.6 Å². The highest BCUT2D eigenvalue weighted by atomic mass is 127. The number of nitrogens with one attached hydrogen (secondary N) is 1. The zero-order valence-corrected chi connectivity index (χ0v) is 20.0. The second-order valence-electron chi connectivity index (χ2n) is 6.64. The fraction of sp³-hybridized carbons (Fsp3) is 0.0476. The first-order valence-corrected chi connectivity index (χ1v) is 11.7. The van der Waals surface area contributed by atoms with Crippen molar-refractivity contribution in [2.75, 3.05) is 5.32 Å². The van der Waals surface area contributed by atoms with Crippen molar-refractivity contribution in [1.29, 1.82) is 0 Å². The molecule has 0 radical (unpaired) electrons. The van der Waals surface area contributed by atoms with Gasteiger partial charge in [-0.3, -0.25) is 5.32 Å². The van der Waals surface area contributed by atoms with Crippen molar-refractivity contribution < 1.29 is 49.6 Å². The van der Waals surface area contributed by atoms with Gasteiger partial charge in [0.05, 0.1) is 11.3 Å². The van der Waals surface area contributed by atoms with Crippen LogP contribution in [0.3, 0.4) is 0 Å². The molecule has 0 spiro atoms. The second kappa shape index (κ2) is 10.6. The van der Waals surface area contributed by atoms with Crippen molar-refractivity contribution in [1.82, 2.24) is 0 Å². The molecule has 0 saturated carbocycles. The number of anilines is 1. The fourth-order valence-electron chi connectivity index (χ4n) is 2.66. The molecule has 0 aliphatic carbocycles. The smallest absolute Gasteiger partial charge is 0.411 e. The summed E-state index contributed by atoms with van der Waals surface area (Å²) >= 11 is 1.71. The van der Waals surface area contributed by atoms with E-state index in [1.807, 2.05) is 0 Å². The van der Waals surface area contributed by atoms with Crippen molar-refractivity contribution in [3.05, 3.63) is 86.5 Å². The van der Waals surface area contributed by atoms with Gasteiger partial charge in [-0.1, -0.05) is 30.3 Å². The molecule has 0 aliphatic rings. The first-order chi connectivity index (χ1) is 16.4. The molecule has 35 heavy (non-hydrogen) atoms. The molecule has 3 aromatic carbocycles. The maximum absolute atomic E-state index is 14.1. The summed E-state index contributed by atoms with van der Waals surface area (Å²) in [6, 6.07) is 12.2. The normalized spacial score (nSPS) is 11.1. The third kappa shape index (κ3) is 6.07. The number of hydrogen-bond acceptors (Lipinski definition) is 7. The Bertz CT molecular complexity index is 1390. The van der Waals surface area contributed by atoms with Crippen LogP contribution in [0.4, 0.5) is 28.0 Å². The zero-order chi connectivity index (χ0) is 25.9. The van der Waals surface area contributed by atoms with Gasteiger partial charge in [-0.15, -0.1) is 0 Å². The standard InChI is InChI=1S/C21H12F4INO7S/c22-14-16(24)19(35(30,31)32)17(25)15(23)18(14)34-20(28)11-6-7-13(12(26)8-11)27-21(29)33-9-10-4-2-1-3-5-10/h1-8H,9H2,(H,27,29)(H,30,31,32)/p-1. The van der Waals surface area contributed by atoms with E-state index in [9.17, 15) is 40.1 Å². The average molecular weight is 624 g/mol. The number of esters is 1. The van der Waals surface area contributed by atoms with Crippen LogP contribution in [-0.2, 0) is 21.5 Å². The molecule has 0 fully saturated rings. The van der Waals surface area contributed by atoms with Crippen LogP contribution in [0.25, 0.3) is 0 Å². The Morgan fingerprint density at radius 2 is 1.54 bits per heavy atom. The van der Waals surface area contributed by atoms with Crippen LogP contribution in [0.15, 0.2) is 53.4 Å². The van der Waals surface area contributed by atoms with E-state index in [4.69, 9.17) is 4.74 Å². The Balaban J connectivity index is 1.76. The molecule has 1 N–H and O–H groups in total. The maximum atomic E-state index is 14.1. The van der Waals surface area contributed by atoms with E-state index in [1.54, 1.807) is 52.9 Å². The Morgan fingerprint density at radius 3 is 2.09 bits per heavy atom. The molecular weight excluding hydrogens is 613 g/mol. The molecule has 3 aromatic rings. The molecule has 0 heterocycles. The fourth-order valence-corrected chi connectivity index (χ4v) is 3.93. The van der Waals surface area contributed by atoms with Gasteiger partial charge in [0.1, 0.15) is 21.6 Å². The van der Waals surface area contributed by atoms with E-state index in [0.29, 0.717) is 0 Å². The summed E-state index contributed by atoms with van der Waals surface area (Å²) in [6.45, 7) is -0.00958. The molecular formula is C21H11F4INO7S-. The molecule has 0 aliphatic heterocycles. The molecule has 3 rings (SSSR count). The second-order valence-corrected chi connectivity index (χ2v) is 9.12. The molecule has 0 unspecified atom stereocenters.